The predicted molar refractivity (Wildman–Crippen MR) is 49.5 cm³/mol. The van der Waals surface area contributed by atoms with E-state index in [1.807, 2.05) is 13.0 Å². The van der Waals surface area contributed by atoms with Crippen LogP contribution in [0.5, 0.6) is 0 Å². The topological polar surface area (TPSA) is 23.8 Å². The highest BCUT2D eigenvalue weighted by atomic mass is 32.3. The largest absolute Gasteiger partial charge is 0.198 e. The van der Waals surface area contributed by atoms with Crippen molar-refractivity contribution in [1.82, 2.24) is 0 Å². The van der Waals surface area contributed by atoms with E-state index in [1.54, 1.807) is 12.5 Å². The van der Waals surface area contributed by atoms with Crippen molar-refractivity contribution in [3.8, 4) is 6.07 Å². The van der Waals surface area contributed by atoms with Crippen LogP contribution >= 0.6 is 10.4 Å². The Bertz CT molecular complexity index is 145. The quantitative estimate of drug-likeness (QED) is 0.647. The van der Waals surface area contributed by atoms with Crippen LogP contribution in [0.4, 0.5) is 3.89 Å². The zero-order valence-electron chi connectivity index (χ0n) is 7.43. The lowest BCUT2D eigenvalue weighted by molar-refractivity contribution is 0.715. The summed E-state index contributed by atoms with van der Waals surface area (Å²) in [6.07, 6.45) is 5.43. The Balaban J connectivity index is 4.01. The van der Waals surface area contributed by atoms with Crippen LogP contribution in [0.15, 0.2) is 0 Å². The first-order chi connectivity index (χ1) is 5.02. The van der Waals surface area contributed by atoms with Crippen molar-refractivity contribution in [3.05, 3.63) is 0 Å². The van der Waals surface area contributed by atoms with Gasteiger partial charge in [-0.25, -0.2) is 0 Å². The molecule has 0 rings (SSSR count). The number of nitriles is 1. The molecule has 0 amide bonds. The SMILES string of the molecule is CCCC(CC#N)S(C)(C)F. The molecule has 0 saturated carbocycles. The molecule has 0 N–H and O–H groups in total. The second-order valence-corrected chi connectivity index (χ2v) is 6.27. The van der Waals surface area contributed by atoms with Gasteiger partial charge in [0.25, 0.3) is 0 Å². The summed E-state index contributed by atoms with van der Waals surface area (Å²) in [4.78, 5) is 0. The van der Waals surface area contributed by atoms with Crippen molar-refractivity contribution in [2.75, 3.05) is 12.5 Å². The van der Waals surface area contributed by atoms with E-state index in [1.165, 1.54) is 0 Å². The molecule has 0 aromatic rings. The van der Waals surface area contributed by atoms with Gasteiger partial charge in [-0.15, -0.1) is 0 Å². The molecule has 1 unspecified atom stereocenters. The molecule has 0 aromatic heterocycles. The zero-order chi connectivity index (χ0) is 8.91. The summed E-state index contributed by atoms with van der Waals surface area (Å²) in [6, 6.07) is 2.04. The fourth-order valence-electron chi connectivity index (χ4n) is 1.00. The van der Waals surface area contributed by atoms with Crippen molar-refractivity contribution in [1.29, 1.82) is 5.26 Å². The molecule has 3 heteroatoms. The van der Waals surface area contributed by atoms with E-state index in [0.717, 1.165) is 12.8 Å². The van der Waals surface area contributed by atoms with Crippen molar-refractivity contribution in [2.45, 2.75) is 31.4 Å². The van der Waals surface area contributed by atoms with Crippen LogP contribution in [0.3, 0.4) is 0 Å². The minimum Gasteiger partial charge on any atom is -0.198 e. The molecule has 66 valence electrons. The smallest absolute Gasteiger partial charge is 0.0633 e. The Hall–Kier alpha value is -0.230. The van der Waals surface area contributed by atoms with E-state index < -0.39 is 10.4 Å². The molecule has 0 spiro atoms. The van der Waals surface area contributed by atoms with Crippen LogP contribution in [0.1, 0.15) is 26.2 Å². The molecule has 0 aliphatic rings. The average Bonchev–Trinajstić information content (AvgIpc) is 1.85. The van der Waals surface area contributed by atoms with Gasteiger partial charge in [0.05, 0.1) is 6.07 Å². The van der Waals surface area contributed by atoms with Gasteiger partial charge in [0.1, 0.15) is 0 Å². The van der Waals surface area contributed by atoms with E-state index in [0.29, 0.717) is 6.42 Å². The molecule has 0 aliphatic carbocycles. The van der Waals surface area contributed by atoms with Gasteiger partial charge in [0.2, 0.25) is 0 Å². The zero-order valence-corrected chi connectivity index (χ0v) is 8.25. The van der Waals surface area contributed by atoms with Crippen molar-refractivity contribution in [2.24, 2.45) is 0 Å². The van der Waals surface area contributed by atoms with Gasteiger partial charge in [-0.3, -0.25) is 0 Å². The van der Waals surface area contributed by atoms with Gasteiger partial charge in [-0.2, -0.15) is 9.15 Å². The summed E-state index contributed by atoms with van der Waals surface area (Å²) in [5.41, 5.74) is 0. The first-order valence-corrected chi connectivity index (χ1v) is 6.22. The van der Waals surface area contributed by atoms with Gasteiger partial charge < -0.3 is 0 Å². The summed E-state index contributed by atoms with van der Waals surface area (Å²) in [5, 5.41) is 8.41. The summed E-state index contributed by atoms with van der Waals surface area (Å²) >= 11 is 0. The van der Waals surface area contributed by atoms with Crippen molar-refractivity contribution < 1.29 is 3.89 Å². The molecule has 0 radical (unpaired) electrons. The fraction of sp³-hybridized carbons (Fsp3) is 0.875. The minimum atomic E-state index is -2.01. The Morgan fingerprint density at radius 1 is 1.55 bits per heavy atom. The summed E-state index contributed by atoms with van der Waals surface area (Å²) < 4.78 is 13.4. The monoisotopic (exact) mass is 177 g/mol. The van der Waals surface area contributed by atoms with E-state index in [9.17, 15) is 3.89 Å². The molecular weight excluding hydrogens is 161 g/mol. The van der Waals surface area contributed by atoms with E-state index in [-0.39, 0.29) is 5.25 Å². The highest BCUT2D eigenvalue weighted by molar-refractivity contribution is 8.28. The summed E-state index contributed by atoms with van der Waals surface area (Å²) in [6.45, 7) is 2.02. The maximum Gasteiger partial charge on any atom is 0.0633 e. The Morgan fingerprint density at radius 3 is 2.36 bits per heavy atom. The third kappa shape index (κ3) is 4.26. The average molecular weight is 177 g/mol. The van der Waals surface area contributed by atoms with E-state index in [2.05, 4.69) is 0 Å². The second-order valence-electron chi connectivity index (χ2n) is 3.05. The number of hydrogen-bond donors (Lipinski definition) is 0. The lowest BCUT2D eigenvalue weighted by atomic mass is 10.2. The van der Waals surface area contributed by atoms with Crippen LogP contribution in [-0.2, 0) is 0 Å². The van der Waals surface area contributed by atoms with Crippen LogP contribution in [0, 0.1) is 11.3 Å². The molecule has 0 saturated heterocycles. The number of hydrogen-bond acceptors (Lipinski definition) is 1. The van der Waals surface area contributed by atoms with Crippen molar-refractivity contribution in [3.63, 3.8) is 0 Å². The molecule has 0 aromatic carbocycles. The van der Waals surface area contributed by atoms with Crippen LogP contribution < -0.4 is 0 Å². The summed E-state index contributed by atoms with van der Waals surface area (Å²) in [5.74, 6) is 0. The molecule has 1 nitrogen and oxygen atoms in total. The molecule has 0 heterocycles. The second kappa shape index (κ2) is 4.61. The van der Waals surface area contributed by atoms with Gasteiger partial charge in [0.15, 0.2) is 0 Å². The number of halogens is 1. The maximum absolute atomic E-state index is 13.4. The molecule has 11 heavy (non-hydrogen) atoms. The predicted octanol–water partition coefficient (Wildman–Crippen LogP) is 3.02. The van der Waals surface area contributed by atoms with Crippen LogP contribution in [0.25, 0.3) is 0 Å². The van der Waals surface area contributed by atoms with Crippen molar-refractivity contribution >= 4 is 10.4 Å². The van der Waals surface area contributed by atoms with Gasteiger partial charge >= 0.3 is 0 Å². The van der Waals surface area contributed by atoms with Crippen LogP contribution in [0.2, 0.25) is 0 Å². The Labute approximate surface area is 70.2 Å². The normalized spacial score (nSPS) is 15.5. The molecular formula is C8H16FNS. The highest BCUT2D eigenvalue weighted by Crippen LogP contribution is 2.49. The third-order valence-electron chi connectivity index (χ3n) is 1.72. The molecule has 1 atom stereocenters. The molecule has 0 bridgehead atoms. The molecule has 0 fully saturated rings. The van der Waals surface area contributed by atoms with Crippen LogP contribution in [-0.4, -0.2) is 17.8 Å². The Morgan fingerprint density at radius 2 is 2.09 bits per heavy atom. The fourth-order valence-corrected chi connectivity index (χ4v) is 2.27. The highest BCUT2D eigenvalue weighted by Gasteiger charge is 2.22. The minimum absolute atomic E-state index is 0.0162. The standard InChI is InChI=1S/C8H16FNS/c1-4-5-8(6-7-10)11(2,3)9/h8H,4-6H2,1-3H3. The van der Waals surface area contributed by atoms with E-state index >= 15 is 0 Å². The lowest BCUT2D eigenvalue weighted by Gasteiger charge is -2.29. The first-order valence-electron chi connectivity index (χ1n) is 3.81. The maximum atomic E-state index is 13.4. The number of rotatable bonds is 4. The first kappa shape index (κ1) is 10.8. The van der Waals surface area contributed by atoms with Gasteiger partial charge in [-0.05, 0) is 18.9 Å². The van der Waals surface area contributed by atoms with Gasteiger partial charge in [0, 0.05) is 11.7 Å². The van der Waals surface area contributed by atoms with Gasteiger partial charge in [-0.1, -0.05) is 23.8 Å². The third-order valence-corrected chi connectivity index (χ3v) is 3.71. The number of nitrogens with zero attached hydrogens (tertiary/aromatic N) is 1. The lowest BCUT2D eigenvalue weighted by Crippen LogP contribution is -2.11. The van der Waals surface area contributed by atoms with E-state index in [4.69, 9.17) is 5.26 Å². The Kier molecular flexibility index (Phi) is 4.51. The molecule has 0 aliphatic heterocycles. The summed E-state index contributed by atoms with van der Waals surface area (Å²) in [7, 11) is -2.01.